The molecule has 0 saturated heterocycles. The van der Waals surface area contributed by atoms with E-state index in [1.807, 2.05) is 0 Å². The Morgan fingerprint density at radius 3 is 2.63 bits per heavy atom. The fraction of sp³-hybridized carbons (Fsp3) is 0. The molecule has 0 fully saturated rings. The molecular formula is C18H13BrN2O5S. The number of benzene rings is 2. The van der Waals surface area contributed by atoms with Gasteiger partial charge >= 0.3 is 5.63 Å². The van der Waals surface area contributed by atoms with Crippen LogP contribution in [0.1, 0.15) is 10.4 Å². The third-order valence-electron chi connectivity index (χ3n) is 3.63. The van der Waals surface area contributed by atoms with E-state index in [1.165, 1.54) is 30.5 Å². The summed E-state index contributed by atoms with van der Waals surface area (Å²) < 4.78 is 29.0. The summed E-state index contributed by atoms with van der Waals surface area (Å²) in [6.45, 7) is 0. The van der Waals surface area contributed by atoms with Gasteiger partial charge in [-0.05, 0) is 36.4 Å². The van der Waals surface area contributed by atoms with Crippen LogP contribution in [0.25, 0.3) is 11.0 Å². The van der Waals surface area contributed by atoms with Gasteiger partial charge in [0.2, 0.25) is 10.0 Å². The van der Waals surface area contributed by atoms with Crippen LogP contribution in [-0.4, -0.2) is 14.2 Å². The number of primary sulfonamides is 1. The minimum Gasteiger partial charge on any atom is -0.422 e. The number of para-hydroxylation sites is 1. The molecule has 3 rings (SSSR count). The van der Waals surface area contributed by atoms with Crippen LogP contribution >= 0.6 is 15.9 Å². The molecule has 7 nitrogen and oxygen atoms in total. The lowest BCUT2D eigenvalue weighted by Crippen LogP contribution is -2.14. The van der Waals surface area contributed by atoms with Crippen molar-refractivity contribution in [3.8, 4) is 0 Å². The van der Waals surface area contributed by atoms with Crippen LogP contribution < -0.4 is 16.1 Å². The molecule has 0 amide bonds. The first kappa shape index (κ1) is 19.0. The highest BCUT2D eigenvalue weighted by atomic mass is 79.9. The number of carbonyl (C=O) groups is 1. The largest absolute Gasteiger partial charge is 0.422 e. The summed E-state index contributed by atoms with van der Waals surface area (Å²) in [4.78, 5) is 24.2. The molecule has 0 unspecified atom stereocenters. The van der Waals surface area contributed by atoms with Gasteiger partial charge in [0.25, 0.3) is 0 Å². The number of hydrogen-bond donors (Lipinski definition) is 2. The second kappa shape index (κ2) is 7.47. The fourth-order valence-corrected chi connectivity index (χ4v) is 3.48. The number of allylic oxidation sites excluding steroid dienone is 1. The minimum absolute atomic E-state index is 0.114. The number of carbonyl (C=O) groups excluding carboxylic acids is 1. The summed E-state index contributed by atoms with van der Waals surface area (Å²) in [6.07, 6.45) is 2.34. The van der Waals surface area contributed by atoms with Crippen LogP contribution in [0.4, 0.5) is 5.69 Å². The number of ketones is 1. The molecule has 3 aromatic rings. The Kier molecular flexibility index (Phi) is 5.26. The second-order valence-corrected chi connectivity index (χ2v) is 7.96. The van der Waals surface area contributed by atoms with E-state index in [0.717, 1.165) is 10.5 Å². The summed E-state index contributed by atoms with van der Waals surface area (Å²) in [5.41, 5.74) is -0.328. The van der Waals surface area contributed by atoms with Gasteiger partial charge < -0.3 is 9.73 Å². The average Bonchev–Trinajstić information content (AvgIpc) is 2.61. The molecule has 0 saturated carbocycles. The molecule has 0 spiro atoms. The van der Waals surface area contributed by atoms with E-state index in [4.69, 9.17) is 9.56 Å². The van der Waals surface area contributed by atoms with Gasteiger partial charge in [-0.2, -0.15) is 0 Å². The number of hydrogen-bond acceptors (Lipinski definition) is 6. The van der Waals surface area contributed by atoms with Crippen LogP contribution in [0.3, 0.4) is 0 Å². The van der Waals surface area contributed by atoms with Crippen molar-refractivity contribution in [3.63, 3.8) is 0 Å². The Hall–Kier alpha value is -2.75. The first-order valence-corrected chi connectivity index (χ1v) is 9.92. The zero-order valence-electron chi connectivity index (χ0n) is 13.7. The van der Waals surface area contributed by atoms with Gasteiger partial charge in [0.1, 0.15) is 16.0 Å². The number of nitrogens with one attached hydrogen (secondary N) is 1. The molecule has 9 heteroatoms. The van der Waals surface area contributed by atoms with Crippen LogP contribution in [0.5, 0.6) is 0 Å². The van der Waals surface area contributed by atoms with Crippen molar-refractivity contribution in [2.24, 2.45) is 5.14 Å². The van der Waals surface area contributed by atoms with E-state index in [-0.39, 0.29) is 16.1 Å². The van der Waals surface area contributed by atoms with Gasteiger partial charge in [0.15, 0.2) is 5.78 Å². The Morgan fingerprint density at radius 1 is 1.15 bits per heavy atom. The maximum absolute atomic E-state index is 12.3. The zero-order valence-corrected chi connectivity index (χ0v) is 16.1. The van der Waals surface area contributed by atoms with Gasteiger partial charge in [-0.25, -0.2) is 18.4 Å². The summed E-state index contributed by atoms with van der Waals surface area (Å²) in [5, 5.41) is 8.43. The van der Waals surface area contributed by atoms with E-state index < -0.39 is 21.4 Å². The summed E-state index contributed by atoms with van der Waals surface area (Å²) in [6, 6.07) is 12.5. The third kappa shape index (κ3) is 4.33. The number of sulfonamides is 1. The molecular weight excluding hydrogens is 436 g/mol. The smallest absolute Gasteiger partial charge is 0.347 e. The average molecular weight is 449 g/mol. The second-order valence-electron chi connectivity index (χ2n) is 5.51. The Balaban J connectivity index is 1.87. The highest BCUT2D eigenvalue weighted by molar-refractivity contribution is 9.10. The zero-order chi connectivity index (χ0) is 19.6. The van der Waals surface area contributed by atoms with Crippen molar-refractivity contribution in [2.45, 2.75) is 4.90 Å². The standard InChI is InChI=1S/C18H13BrN2O5S/c19-12-5-6-16-11(9-12)10-13(18(23)26-16)15(22)7-8-21-14-3-1-2-4-17(14)27(20,24)25/h1-10,21H,(H2,20,24,25)/b8-7+. The highest BCUT2D eigenvalue weighted by Gasteiger charge is 2.13. The van der Waals surface area contributed by atoms with E-state index in [0.29, 0.717) is 11.0 Å². The predicted molar refractivity (Wildman–Crippen MR) is 105 cm³/mol. The molecule has 0 aliphatic heterocycles. The Bertz CT molecular complexity index is 1230. The topological polar surface area (TPSA) is 119 Å². The fourth-order valence-electron chi connectivity index (χ4n) is 2.40. The van der Waals surface area contributed by atoms with E-state index in [2.05, 4.69) is 21.2 Å². The van der Waals surface area contributed by atoms with Crippen molar-refractivity contribution < 1.29 is 17.6 Å². The van der Waals surface area contributed by atoms with Crippen molar-refractivity contribution in [1.82, 2.24) is 0 Å². The molecule has 27 heavy (non-hydrogen) atoms. The quantitative estimate of drug-likeness (QED) is 0.351. The van der Waals surface area contributed by atoms with Crippen molar-refractivity contribution in [3.05, 3.63) is 81.3 Å². The molecule has 1 heterocycles. The van der Waals surface area contributed by atoms with Crippen LogP contribution in [-0.2, 0) is 10.0 Å². The monoisotopic (exact) mass is 448 g/mol. The van der Waals surface area contributed by atoms with Crippen molar-refractivity contribution in [1.29, 1.82) is 0 Å². The Labute approximate surface area is 162 Å². The van der Waals surface area contributed by atoms with Gasteiger partial charge in [-0.3, -0.25) is 4.79 Å². The SMILES string of the molecule is NS(=O)(=O)c1ccccc1N/C=C/C(=O)c1cc2cc(Br)ccc2oc1=O. The molecule has 0 atom stereocenters. The molecule has 0 bridgehead atoms. The molecule has 1 aromatic heterocycles. The van der Waals surface area contributed by atoms with E-state index in [9.17, 15) is 18.0 Å². The maximum Gasteiger partial charge on any atom is 0.347 e. The summed E-state index contributed by atoms with van der Waals surface area (Å²) >= 11 is 3.32. The van der Waals surface area contributed by atoms with Gasteiger partial charge in [-0.15, -0.1) is 0 Å². The highest BCUT2D eigenvalue weighted by Crippen LogP contribution is 2.20. The molecule has 3 N–H and O–H groups in total. The normalized spacial score (nSPS) is 11.8. The van der Waals surface area contributed by atoms with Crippen LogP contribution in [0.2, 0.25) is 0 Å². The van der Waals surface area contributed by atoms with Crippen LogP contribution in [0.15, 0.2) is 79.4 Å². The number of fused-ring (bicyclic) bond motifs is 1. The molecule has 138 valence electrons. The van der Waals surface area contributed by atoms with Gasteiger partial charge in [0.05, 0.1) is 5.69 Å². The molecule has 2 aromatic carbocycles. The molecule has 0 aliphatic rings. The number of nitrogens with two attached hydrogens (primary N) is 1. The lowest BCUT2D eigenvalue weighted by atomic mass is 10.1. The van der Waals surface area contributed by atoms with Crippen molar-refractivity contribution >= 4 is 48.4 Å². The number of rotatable bonds is 5. The first-order chi connectivity index (χ1) is 12.8. The lowest BCUT2D eigenvalue weighted by Gasteiger charge is -2.06. The van der Waals surface area contributed by atoms with E-state index in [1.54, 1.807) is 24.3 Å². The Morgan fingerprint density at radius 2 is 1.89 bits per heavy atom. The van der Waals surface area contributed by atoms with Gasteiger partial charge in [-0.1, -0.05) is 28.1 Å². The van der Waals surface area contributed by atoms with Gasteiger partial charge in [0, 0.05) is 22.1 Å². The summed E-state index contributed by atoms with van der Waals surface area (Å²) in [7, 11) is -3.92. The minimum atomic E-state index is -3.92. The third-order valence-corrected chi connectivity index (χ3v) is 5.09. The number of halogens is 1. The van der Waals surface area contributed by atoms with Crippen LogP contribution in [0, 0.1) is 0 Å². The predicted octanol–water partition coefficient (Wildman–Crippen LogP) is 3.01. The maximum atomic E-state index is 12.3. The lowest BCUT2D eigenvalue weighted by molar-refractivity contribution is 0.104. The number of anilines is 1. The first-order valence-electron chi connectivity index (χ1n) is 7.58. The molecule has 0 radical (unpaired) electrons. The summed E-state index contributed by atoms with van der Waals surface area (Å²) in [5.74, 6) is -0.591. The van der Waals surface area contributed by atoms with E-state index >= 15 is 0 Å². The van der Waals surface area contributed by atoms with Crippen molar-refractivity contribution in [2.75, 3.05) is 5.32 Å². The molecule has 0 aliphatic carbocycles.